The molecule has 0 radical (unpaired) electrons. The molecule has 1 N–H and O–H groups in total. The van der Waals surface area contributed by atoms with Gasteiger partial charge in [-0.05, 0) is 38.5 Å². The first-order chi connectivity index (χ1) is 10.1. The molecule has 21 heavy (non-hydrogen) atoms. The summed E-state index contributed by atoms with van der Waals surface area (Å²) in [5.41, 5.74) is 2.73. The quantitative estimate of drug-likeness (QED) is 0.734. The van der Waals surface area contributed by atoms with E-state index in [0.29, 0.717) is 5.56 Å². The summed E-state index contributed by atoms with van der Waals surface area (Å²) in [6.07, 6.45) is 1.56. The molecule has 5 heteroatoms. The van der Waals surface area contributed by atoms with Gasteiger partial charge in [-0.15, -0.1) is 11.3 Å². The summed E-state index contributed by atoms with van der Waals surface area (Å²) in [4.78, 5) is 22.4. The Hall–Kier alpha value is -2.27. The predicted octanol–water partition coefficient (Wildman–Crippen LogP) is 4.25. The summed E-state index contributed by atoms with van der Waals surface area (Å²) in [6.45, 7) is 5.73. The number of thiophene rings is 1. The van der Waals surface area contributed by atoms with Crippen molar-refractivity contribution in [1.82, 2.24) is 9.97 Å². The van der Waals surface area contributed by atoms with Gasteiger partial charge < -0.3 is 5.32 Å². The third-order valence-electron chi connectivity index (χ3n) is 3.50. The fraction of sp³-hybridized carbons (Fsp3) is 0.188. The van der Waals surface area contributed by atoms with Gasteiger partial charge in [-0.1, -0.05) is 12.1 Å². The van der Waals surface area contributed by atoms with E-state index in [9.17, 15) is 4.79 Å². The maximum Gasteiger partial charge on any atom is 0.159 e. The van der Waals surface area contributed by atoms with E-state index in [1.807, 2.05) is 24.3 Å². The number of nitrogens with zero attached hydrogens (tertiary/aromatic N) is 2. The van der Waals surface area contributed by atoms with Crippen LogP contribution in [0.15, 0.2) is 30.6 Å². The number of carbonyl (C=O) groups is 1. The Morgan fingerprint density at radius 1 is 1.24 bits per heavy atom. The standard InChI is InChI=1S/C16H15N3OS/c1-9-11(3)21-16-14(9)15(17-8-18-16)19-13-6-4-5-12(7-13)10(2)20/h4-8H,1-3H3,(H,17,18,19). The number of hydrogen-bond acceptors (Lipinski definition) is 5. The first-order valence-electron chi connectivity index (χ1n) is 6.65. The van der Waals surface area contributed by atoms with Crippen molar-refractivity contribution in [2.45, 2.75) is 20.8 Å². The maximum atomic E-state index is 11.5. The van der Waals surface area contributed by atoms with Crippen molar-refractivity contribution in [1.29, 1.82) is 0 Å². The number of nitrogens with one attached hydrogen (secondary N) is 1. The fourth-order valence-electron chi connectivity index (χ4n) is 2.23. The number of aromatic nitrogens is 2. The number of aryl methyl sites for hydroxylation is 2. The Kier molecular flexibility index (Phi) is 3.43. The highest BCUT2D eigenvalue weighted by molar-refractivity contribution is 7.18. The molecule has 0 aliphatic carbocycles. The largest absolute Gasteiger partial charge is 0.340 e. The number of fused-ring (bicyclic) bond motifs is 1. The molecule has 0 unspecified atom stereocenters. The zero-order valence-corrected chi connectivity index (χ0v) is 12.9. The molecule has 106 valence electrons. The molecular weight excluding hydrogens is 282 g/mol. The van der Waals surface area contributed by atoms with Crippen molar-refractivity contribution in [2.24, 2.45) is 0 Å². The molecular formula is C16H15N3OS. The maximum absolute atomic E-state index is 11.5. The highest BCUT2D eigenvalue weighted by Crippen LogP contribution is 2.33. The van der Waals surface area contributed by atoms with Crippen LogP contribution in [0.3, 0.4) is 0 Å². The number of ketones is 1. The number of benzene rings is 1. The zero-order chi connectivity index (χ0) is 15.0. The average molecular weight is 297 g/mol. The Labute approximate surface area is 126 Å². The molecule has 0 saturated carbocycles. The van der Waals surface area contributed by atoms with Gasteiger partial charge in [-0.2, -0.15) is 0 Å². The van der Waals surface area contributed by atoms with Gasteiger partial charge in [-0.3, -0.25) is 4.79 Å². The smallest absolute Gasteiger partial charge is 0.159 e. The van der Waals surface area contributed by atoms with Gasteiger partial charge >= 0.3 is 0 Å². The van der Waals surface area contributed by atoms with E-state index >= 15 is 0 Å². The lowest BCUT2D eigenvalue weighted by molar-refractivity contribution is 0.101. The van der Waals surface area contributed by atoms with Crippen molar-refractivity contribution in [3.63, 3.8) is 0 Å². The summed E-state index contributed by atoms with van der Waals surface area (Å²) in [7, 11) is 0. The molecule has 3 aromatic rings. The van der Waals surface area contributed by atoms with Crippen LogP contribution in [-0.2, 0) is 0 Å². The number of Topliss-reactive ketones (excluding diaryl/α,β-unsaturated/α-hetero) is 1. The molecule has 0 bridgehead atoms. The van der Waals surface area contributed by atoms with Crippen LogP contribution in [0.5, 0.6) is 0 Å². The molecule has 0 aliphatic heterocycles. The molecule has 0 spiro atoms. The highest BCUT2D eigenvalue weighted by atomic mass is 32.1. The van der Waals surface area contributed by atoms with Gasteiger partial charge in [0.15, 0.2) is 5.78 Å². The van der Waals surface area contributed by atoms with E-state index in [-0.39, 0.29) is 5.78 Å². The normalized spacial score (nSPS) is 10.8. The summed E-state index contributed by atoms with van der Waals surface area (Å²) in [5.74, 6) is 0.830. The van der Waals surface area contributed by atoms with E-state index in [1.165, 1.54) is 10.4 Å². The van der Waals surface area contributed by atoms with Crippen LogP contribution in [0.1, 0.15) is 27.7 Å². The summed E-state index contributed by atoms with van der Waals surface area (Å²) < 4.78 is 0. The lowest BCUT2D eigenvalue weighted by Crippen LogP contribution is -1.98. The molecule has 0 fully saturated rings. The van der Waals surface area contributed by atoms with E-state index < -0.39 is 0 Å². The minimum Gasteiger partial charge on any atom is -0.340 e. The zero-order valence-electron chi connectivity index (χ0n) is 12.1. The van der Waals surface area contributed by atoms with Gasteiger partial charge in [0.05, 0.1) is 5.39 Å². The second-order valence-corrected chi connectivity index (χ2v) is 6.15. The van der Waals surface area contributed by atoms with Crippen molar-refractivity contribution >= 4 is 38.8 Å². The van der Waals surface area contributed by atoms with Gasteiger partial charge in [0.25, 0.3) is 0 Å². The molecule has 0 amide bonds. The molecule has 0 atom stereocenters. The van der Waals surface area contributed by atoms with E-state index in [4.69, 9.17) is 0 Å². The molecule has 2 aromatic heterocycles. The molecule has 0 aliphatic rings. The van der Waals surface area contributed by atoms with Crippen LogP contribution in [0, 0.1) is 13.8 Å². The summed E-state index contributed by atoms with van der Waals surface area (Å²) in [5, 5.41) is 4.35. The van der Waals surface area contributed by atoms with Gasteiger partial charge in [0, 0.05) is 16.1 Å². The molecule has 1 aromatic carbocycles. The Morgan fingerprint density at radius 2 is 2.05 bits per heavy atom. The number of carbonyl (C=O) groups excluding carboxylic acids is 1. The van der Waals surface area contributed by atoms with Gasteiger partial charge in [0.1, 0.15) is 17.0 Å². The average Bonchev–Trinajstić information content (AvgIpc) is 2.75. The molecule has 2 heterocycles. The molecule has 0 saturated heterocycles. The Bertz CT molecular complexity index is 839. The van der Waals surface area contributed by atoms with Crippen LogP contribution < -0.4 is 5.32 Å². The van der Waals surface area contributed by atoms with E-state index in [0.717, 1.165) is 21.7 Å². The molecule has 3 rings (SSSR count). The minimum atomic E-state index is 0.0500. The Morgan fingerprint density at radius 3 is 2.81 bits per heavy atom. The number of rotatable bonds is 3. The SMILES string of the molecule is CC(=O)c1cccc(Nc2ncnc3sc(C)c(C)c23)c1. The monoisotopic (exact) mass is 297 g/mol. The van der Waals surface area contributed by atoms with Crippen LogP contribution in [0.4, 0.5) is 11.5 Å². The lowest BCUT2D eigenvalue weighted by Gasteiger charge is -2.08. The number of anilines is 2. The number of hydrogen-bond donors (Lipinski definition) is 1. The van der Waals surface area contributed by atoms with Crippen LogP contribution >= 0.6 is 11.3 Å². The molecule has 4 nitrogen and oxygen atoms in total. The van der Waals surface area contributed by atoms with Crippen molar-refractivity contribution < 1.29 is 4.79 Å². The third kappa shape index (κ3) is 2.52. The minimum absolute atomic E-state index is 0.0500. The van der Waals surface area contributed by atoms with Gasteiger partial charge in [0.2, 0.25) is 0 Å². The second kappa shape index (κ2) is 5.26. The van der Waals surface area contributed by atoms with Crippen molar-refractivity contribution in [3.05, 3.63) is 46.6 Å². The van der Waals surface area contributed by atoms with Gasteiger partial charge in [-0.25, -0.2) is 9.97 Å². The van der Waals surface area contributed by atoms with Crippen molar-refractivity contribution in [3.8, 4) is 0 Å². The topological polar surface area (TPSA) is 54.9 Å². The van der Waals surface area contributed by atoms with Crippen LogP contribution in [0.2, 0.25) is 0 Å². The van der Waals surface area contributed by atoms with Crippen LogP contribution in [-0.4, -0.2) is 15.8 Å². The predicted molar refractivity (Wildman–Crippen MR) is 86.6 cm³/mol. The second-order valence-electron chi connectivity index (χ2n) is 4.95. The summed E-state index contributed by atoms with van der Waals surface area (Å²) >= 11 is 1.67. The van der Waals surface area contributed by atoms with Crippen molar-refractivity contribution in [2.75, 3.05) is 5.32 Å². The van der Waals surface area contributed by atoms with Crippen LogP contribution in [0.25, 0.3) is 10.2 Å². The fourth-order valence-corrected chi connectivity index (χ4v) is 3.23. The first kappa shape index (κ1) is 13.7. The highest BCUT2D eigenvalue weighted by Gasteiger charge is 2.12. The third-order valence-corrected chi connectivity index (χ3v) is 4.61. The lowest BCUT2D eigenvalue weighted by atomic mass is 10.1. The van der Waals surface area contributed by atoms with E-state index in [1.54, 1.807) is 24.6 Å². The summed E-state index contributed by atoms with van der Waals surface area (Å²) in [6, 6.07) is 7.44. The first-order valence-corrected chi connectivity index (χ1v) is 7.46. The van der Waals surface area contributed by atoms with E-state index in [2.05, 4.69) is 29.1 Å². The Balaban J connectivity index is 2.06.